The number of ether oxygens (including phenoxy) is 2. The smallest absolute Gasteiger partial charge is 0.195 e. The van der Waals surface area contributed by atoms with Gasteiger partial charge in [0.2, 0.25) is 0 Å². The molecule has 5 nitrogen and oxygen atoms in total. The number of methoxy groups -OCH3 is 2. The number of aliphatic imine (C=N–C) groups is 1. The topological polar surface area (TPSA) is 54.9 Å². The van der Waals surface area contributed by atoms with E-state index < -0.39 is 0 Å². The van der Waals surface area contributed by atoms with Gasteiger partial charge in [-0.05, 0) is 30.9 Å². The molecule has 0 amide bonds. The Labute approximate surface area is 114 Å². The summed E-state index contributed by atoms with van der Waals surface area (Å²) in [5, 5.41) is 6.55. The maximum atomic E-state index is 5.28. The molecule has 0 radical (unpaired) electrons. The Morgan fingerprint density at radius 2 is 2.00 bits per heavy atom. The molecule has 2 N–H and O–H groups in total. The molecule has 1 aliphatic rings. The van der Waals surface area contributed by atoms with E-state index in [2.05, 4.69) is 15.6 Å². The number of rotatable bonds is 5. The van der Waals surface area contributed by atoms with E-state index in [1.807, 2.05) is 18.2 Å². The summed E-state index contributed by atoms with van der Waals surface area (Å²) in [5.41, 5.74) is 0.918. The summed E-state index contributed by atoms with van der Waals surface area (Å²) >= 11 is 0. The van der Waals surface area contributed by atoms with Gasteiger partial charge >= 0.3 is 0 Å². The van der Waals surface area contributed by atoms with Crippen LogP contribution in [0.15, 0.2) is 23.2 Å². The van der Waals surface area contributed by atoms with Gasteiger partial charge in [0.1, 0.15) is 0 Å². The highest BCUT2D eigenvalue weighted by atomic mass is 16.5. The first-order chi connectivity index (χ1) is 9.26. The Balaban J connectivity index is 1.99. The summed E-state index contributed by atoms with van der Waals surface area (Å²) in [6, 6.07) is 5.70. The quantitative estimate of drug-likeness (QED) is 0.631. The van der Waals surface area contributed by atoms with Crippen molar-refractivity contribution in [1.29, 1.82) is 0 Å². The second kappa shape index (κ2) is 6.31. The van der Waals surface area contributed by atoms with Gasteiger partial charge < -0.3 is 20.1 Å². The normalized spacial score (nSPS) is 15.0. The number of benzene rings is 1. The van der Waals surface area contributed by atoms with Crippen molar-refractivity contribution in [3.05, 3.63) is 18.2 Å². The van der Waals surface area contributed by atoms with Crippen molar-refractivity contribution >= 4 is 11.6 Å². The van der Waals surface area contributed by atoms with E-state index in [1.54, 1.807) is 21.3 Å². The Morgan fingerprint density at radius 3 is 2.58 bits per heavy atom. The van der Waals surface area contributed by atoms with Crippen molar-refractivity contribution in [1.82, 2.24) is 5.32 Å². The minimum atomic E-state index is 0.699. The van der Waals surface area contributed by atoms with Gasteiger partial charge in [-0.15, -0.1) is 0 Å². The Morgan fingerprint density at radius 1 is 1.26 bits per heavy atom. The summed E-state index contributed by atoms with van der Waals surface area (Å²) in [6.45, 7) is 0.979. The third kappa shape index (κ3) is 3.77. The average Bonchev–Trinajstić information content (AvgIpc) is 3.27. The summed E-state index contributed by atoms with van der Waals surface area (Å²) in [4.78, 5) is 4.20. The van der Waals surface area contributed by atoms with Crippen LogP contribution in [-0.2, 0) is 0 Å². The van der Waals surface area contributed by atoms with E-state index in [4.69, 9.17) is 9.47 Å². The van der Waals surface area contributed by atoms with Crippen LogP contribution in [0, 0.1) is 5.92 Å². The van der Waals surface area contributed by atoms with Crippen molar-refractivity contribution in [2.75, 3.05) is 33.1 Å². The number of guanidine groups is 1. The van der Waals surface area contributed by atoms with E-state index >= 15 is 0 Å². The van der Waals surface area contributed by atoms with Crippen LogP contribution in [-0.4, -0.2) is 33.8 Å². The highest BCUT2D eigenvalue weighted by Crippen LogP contribution is 2.30. The lowest BCUT2D eigenvalue weighted by molar-refractivity contribution is 0.355. The SMILES string of the molecule is CN=C(NCC1CC1)Nc1ccc(OC)c(OC)c1. The van der Waals surface area contributed by atoms with Gasteiger partial charge in [-0.3, -0.25) is 4.99 Å². The highest BCUT2D eigenvalue weighted by Gasteiger charge is 2.21. The van der Waals surface area contributed by atoms with Crippen molar-refractivity contribution in [3.63, 3.8) is 0 Å². The zero-order valence-corrected chi connectivity index (χ0v) is 11.7. The van der Waals surface area contributed by atoms with Crippen molar-refractivity contribution < 1.29 is 9.47 Å². The monoisotopic (exact) mass is 263 g/mol. The molecule has 1 aliphatic carbocycles. The predicted molar refractivity (Wildman–Crippen MR) is 77.3 cm³/mol. The molecule has 1 aromatic carbocycles. The molecular weight excluding hydrogens is 242 g/mol. The van der Waals surface area contributed by atoms with Crippen LogP contribution in [0.25, 0.3) is 0 Å². The van der Waals surface area contributed by atoms with Gasteiger partial charge in [0, 0.05) is 25.3 Å². The first kappa shape index (κ1) is 13.5. The Hall–Kier alpha value is -1.91. The number of anilines is 1. The van der Waals surface area contributed by atoms with E-state index in [0.29, 0.717) is 11.5 Å². The molecule has 0 spiro atoms. The van der Waals surface area contributed by atoms with E-state index in [0.717, 1.165) is 24.1 Å². The second-order valence-electron chi connectivity index (χ2n) is 4.59. The maximum Gasteiger partial charge on any atom is 0.195 e. The molecule has 1 fully saturated rings. The number of nitrogens with zero attached hydrogens (tertiary/aromatic N) is 1. The van der Waals surface area contributed by atoms with E-state index in [9.17, 15) is 0 Å². The van der Waals surface area contributed by atoms with Crippen molar-refractivity contribution in [2.24, 2.45) is 10.9 Å². The van der Waals surface area contributed by atoms with Gasteiger partial charge in [0.15, 0.2) is 17.5 Å². The molecule has 0 heterocycles. The van der Waals surface area contributed by atoms with Crippen LogP contribution in [0.5, 0.6) is 11.5 Å². The molecule has 0 unspecified atom stereocenters. The molecule has 1 saturated carbocycles. The molecule has 0 bridgehead atoms. The third-order valence-electron chi connectivity index (χ3n) is 3.12. The van der Waals surface area contributed by atoms with Crippen LogP contribution in [0.3, 0.4) is 0 Å². The first-order valence-electron chi connectivity index (χ1n) is 6.46. The van der Waals surface area contributed by atoms with Gasteiger partial charge in [-0.2, -0.15) is 0 Å². The van der Waals surface area contributed by atoms with Gasteiger partial charge in [-0.1, -0.05) is 0 Å². The number of hydrogen-bond donors (Lipinski definition) is 2. The molecule has 0 atom stereocenters. The van der Waals surface area contributed by atoms with Crippen LogP contribution in [0.2, 0.25) is 0 Å². The zero-order valence-electron chi connectivity index (χ0n) is 11.7. The molecule has 0 aromatic heterocycles. The summed E-state index contributed by atoms with van der Waals surface area (Å²) in [5.74, 6) is 3.00. The fraction of sp³-hybridized carbons (Fsp3) is 0.500. The van der Waals surface area contributed by atoms with Crippen LogP contribution < -0.4 is 20.1 Å². The third-order valence-corrected chi connectivity index (χ3v) is 3.12. The highest BCUT2D eigenvalue weighted by molar-refractivity contribution is 5.93. The molecular formula is C14H21N3O2. The lowest BCUT2D eigenvalue weighted by atomic mass is 10.2. The Kier molecular flexibility index (Phi) is 4.49. The largest absolute Gasteiger partial charge is 0.493 e. The van der Waals surface area contributed by atoms with Crippen LogP contribution in [0.1, 0.15) is 12.8 Å². The minimum Gasteiger partial charge on any atom is -0.493 e. The molecule has 19 heavy (non-hydrogen) atoms. The lowest BCUT2D eigenvalue weighted by Gasteiger charge is -2.13. The minimum absolute atomic E-state index is 0.699. The standard InChI is InChI=1S/C14H21N3O2/c1-15-14(16-9-10-4-5-10)17-11-6-7-12(18-2)13(8-11)19-3/h6-8,10H,4-5,9H2,1-3H3,(H2,15,16,17). The molecule has 104 valence electrons. The summed E-state index contributed by atoms with van der Waals surface area (Å²) in [6.07, 6.45) is 2.64. The summed E-state index contributed by atoms with van der Waals surface area (Å²) < 4.78 is 10.5. The lowest BCUT2D eigenvalue weighted by Crippen LogP contribution is -2.32. The summed E-state index contributed by atoms with van der Waals surface area (Å²) in [7, 11) is 5.02. The van der Waals surface area contributed by atoms with Crippen LogP contribution >= 0.6 is 0 Å². The fourth-order valence-corrected chi connectivity index (χ4v) is 1.79. The second-order valence-corrected chi connectivity index (χ2v) is 4.59. The van der Waals surface area contributed by atoms with Gasteiger partial charge in [-0.25, -0.2) is 0 Å². The predicted octanol–water partition coefficient (Wildman–Crippen LogP) is 2.10. The van der Waals surface area contributed by atoms with Crippen molar-refractivity contribution in [2.45, 2.75) is 12.8 Å². The maximum absolute atomic E-state index is 5.28. The molecule has 0 saturated heterocycles. The van der Waals surface area contributed by atoms with E-state index in [1.165, 1.54) is 12.8 Å². The first-order valence-corrected chi connectivity index (χ1v) is 6.46. The fourth-order valence-electron chi connectivity index (χ4n) is 1.79. The van der Waals surface area contributed by atoms with Crippen molar-refractivity contribution in [3.8, 4) is 11.5 Å². The average molecular weight is 263 g/mol. The van der Waals surface area contributed by atoms with E-state index in [-0.39, 0.29) is 0 Å². The number of nitrogens with one attached hydrogen (secondary N) is 2. The Bertz CT molecular complexity index is 456. The molecule has 5 heteroatoms. The van der Waals surface area contributed by atoms with Gasteiger partial charge in [0.05, 0.1) is 14.2 Å². The molecule has 0 aliphatic heterocycles. The molecule has 1 aromatic rings. The van der Waals surface area contributed by atoms with Crippen LogP contribution in [0.4, 0.5) is 5.69 Å². The zero-order chi connectivity index (χ0) is 13.7. The molecule has 2 rings (SSSR count). The van der Waals surface area contributed by atoms with Gasteiger partial charge in [0.25, 0.3) is 0 Å². The number of hydrogen-bond acceptors (Lipinski definition) is 3.